The van der Waals surface area contributed by atoms with Crippen molar-refractivity contribution in [3.05, 3.63) is 64.3 Å². The second kappa shape index (κ2) is 7.32. The molecule has 1 aliphatic rings. The first-order valence-corrected chi connectivity index (χ1v) is 8.96. The molecule has 0 spiro atoms. The maximum Gasteiger partial charge on any atom is 0.231 e. The highest BCUT2D eigenvalue weighted by molar-refractivity contribution is 6.31. The molecule has 0 radical (unpaired) electrons. The van der Waals surface area contributed by atoms with Crippen LogP contribution in [0, 0.1) is 13.8 Å². The lowest BCUT2D eigenvalue weighted by Gasteiger charge is -2.12. The number of benzene rings is 2. The first-order valence-electron chi connectivity index (χ1n) is 8.59. The van der Waals surface area contributed by atoms with Gasteiger partial charge in [0.15, 0.2) is 11.5 Å². The van der Waals surface area contributed by atoms with E-state index in [1.807, 2.05) is 56.3 Å². The molecule has 7 heteroatoms. The molecule has 0 bridgehead atoms. The van der Waals surface area contributed by atoms with Crippen LogP contribution in [0.3, 0.4) is 0 Å². The lowest BCUT2D eigenvalue weighted by atomic mass is 10.2. The van der Waals surface area contributed by atoms with Gasteiger partial charge in [0, 0.05) is 29.0 Å². The Balaban J connectivity index is 1.49. The van der Waals surface area contributed by atoms with Crippen molar-refractivity contribution in [2.24, 2.45) is 0 Å². The molecule has 27 heavy (non-hydrogen) atoms. The average Bonchev–Trinajstić information content (AvgIpc) is 3.11. The molecule has 0 amide bonds. The Morgan fingerprint density at radius 2 is 1.89 bits per heavy atom. The molecule has 0 saturated carbocycles. The van der Waals surface area contributed by atoms with Gasteiger partial charge in [-0.1, -0.05) is 23.7 Å². The first kappa shape index (κ1) is 17.4. The topological polar surface area (TPSA) is 68.3 Å². The molecule has 0 fully saturated rings. The summed E-state index contributed by atoms with van der Waals surface area (Å²) in [7, 11) is 0. The minimum atomic E-state index is 0.273. The number of anilines is 3. The SMILES string of the molecule is Cc1cc(NCc2ccc3c(c2)OCO3)nc(Nc2cccc(Cl)c2C)n1. The predicted octanol–water partition coefficient (Wildman–Crippen LogP) is 4.83. The first-order chi connectivity index (χ1) is 13.1. The maximum absolute atomic E-state index is 6.19. The van der Waals surface area contributed by atoms with Gasteiger partial charge in [0.2, 0.25) is 12.7 Å². The van der Waals surface area contributed by atoms with Crippen molar-refractivity contribution in [2.75, 3.05) is 17.4 Å². The highest BCUT2D eigenvalue weighted by Crippen LogP contribution is 2.32. The van der Waals surface area contributed by atoms with Crippen LogP contribution in [0.5, 0.6) is 11.5 Å². The number of hydrogen-bond donors (Lipinski definition) is 2. The van der Waals surface area contributed by atoms with Crippen LogP contribution in [0.25, 0.3) is 0 Å². The number of rotatable bonds is 5. The monoisotopic (exact) mass is 382 g/mol. The third-order valence-corrected chi connectivity index (χ3v) is 4.69. The molecule has 2 aromatic carbocycles. The molecule has 6 nitrogen and oxygen atoms in total. The molecular weight excluding hydrogens is 364 g/mol. The van der Waals surface area contributed by atoms with Gasteiger partial charge in [0.05, 0.1) is 0 Å². The molecule has 0 atom stereocenters. The number of aromatic nitrogens is 2. The number of hydrogen-bond acceptors (Lipinski definition) is 6. The smallest absolute Gasteiger partial charge is 0.231 e. The van der Waals surface area contributed by atoms with E-state index < -0.39 is 0 Å². The fourth-order valence-electron chi connectivity index (χ4n) is 2.82. The predicted molar refractivity (Wildman–Crippen MR) is 106 cm³/mol. The molecule has 0 saturated heterocycles. The number of nitrogens with zero attached hydrogens (tertiary/aromatic N) is 2. The fraction of sp³-hybridized carbons (Fsp3) is 0.200. The van der Waals surface area contributed by atoms with Crippen molar-refractivity contribution in [1.29, 1.82) is 0 Å². The van der Waals surface area contributed by atoms with Crippen LogP contribution >= 0.6 is 11.6 Å². The molecule has 3 aromatic rings. The van der Waals surface area contributed by atoms with Crippen molar-refractivity contribution in [1.82, 2.24) is 9.97 Å². The van der Waals surface area contributed by atoms with Crippen LogP contribution in [0.1, 0.15) is 16.8 Å². The van der Waals surface area contributed by atoms with Crippen LogP contribution in [0.2, 0.25) is 5.02 Å². The third kappa shape index (κ3) is 3.90. The molecule has 4 rings (SSSR count). The van der Waals surface area contributed by atoms with Gasteiger partial charge in [0.1, 0.15) is 5.82 Å². The van der Waals surface area contributed by atoms with E-state index in [-0.39, 0.29) is 6.79 Å². The molecule has 1 aliphatic heterocycles. The standard InChI is InChI=1S/C20H19ClN4O2/c1-12-8-19(22-10-14-6-7-17-18(9-14)27-11-26-17)25-20(23-12)24-16-5-3-4-15(21)13(16)2/h3-9H,10-11H2,1-2H3,(H2,22,23,24,25). The Bertz CT molecular complexity index is 994. The molecule has 0 unspecified atom stereocenters. The maximum atomic E-state index is 6.19. The Morgan fingerprint density at radius 3 is 2.78 bits per heavy atom. The summed E-state index contributed by atoms with van der Waals surface area (Å²) in [5.41, 5.74) is 3.78. The van der Waals surface area contributed by atoms with Crippen molar-refractivity contribution in [3.63, 3.8) is 0 Å². The molecule has 138 valence electrons. The summed E-state index contributed by atoms with van der Waals surface area (Å²) in [6.07, 6.45) is 0. The molecule has 1 aromatic heterocycles. The third-order valence-electron chi connectivity index (χ3n) is 4.28. The van der Waals surface area contributed by atoms with Gasteiger partial charge in [-0.2, -0.15) is 4.98 Å². The second-order valence-corrected chi connectivity index (χ2v) is 6.70. The van der Waals surface area contributed by atoms with Crippen LogP contribution in [0.4, 0.5) is 17.5 Å². The summed E-state index contributed by atoms with van der Waals surface area (Å²) in [6.45, 7) is 4.78. The number of halogens is 1. The normalized spacial score (nSPS) is 12.1. The van der Waals surface area contributed by atoms with Crippen LogP contribution in [-0.4, -0.2) is 16.8 Å². The van der Waals surface area contributed by atoms with Gasteiger partial charge in [-0.25, -0.2) is 4.98 Å². The molecule has 0 aliphatic carbocycles. The van der Waals surface area contributed by atoms with E-state index in [1.165, 1.54) is 0 Å². The van der Waals surface area contributed by atoms with Crippen LogP contribution in [0.15, 0.2) is 42.5 Å². The van der Waals surface area contributed by atoms with Gasteiger partial charge in [-0.3, -0.25) is 0 Å². The Kier molecular flexibility index (Phi) is 4.73. The Labute approximate surface area is 162 Å². The van der Waals surface area contributed by atoms with Gasteiger partial charge in [-0.05, 0) is 49.2 Å². The minimum absolute atomic E-state index is 0.273. The lowest BCUT2D eigenvalue weighted by Crippen LogP contribution is -2.06. The van der Waals surface area contributed by atoms with Gasteiger partial charge in [-0.15, -0.1) is 0 Å². The van der Waals surface area contributed by atoms with Gasteiger partial charge < -0.3 is 20.1 Å². The summed E-state index contributed by atoms with van der Waals surface area (Å²) < 4.78 is 10.8. The number of aryl methyl sites for hydroxylation is 1. The van der Waals surface area contributed by atoms with Crippen molar-refractivity contribution in [3.8, 4) is 11.5 Å². The summed E-state index contributed by atoms with van der Waals surface area (Å²) in [5.74, 6) is 2.81. The van der Waals surface area contributed by atoms with E-state index in [0.29, 0.717) is 17.5 Å². The highest BCUT2D eigenvalue weighted by atomic mass is 35.5. The van der Waals surface area contributed by atoms with Crippen molar-refractivity contribution in [2.45, 2.75) is 20.4 Å². The van der Waals surface area contributed by atoms with Crippen LogP contribution < -0.4 is 20.1 Å². The quantitative estimate of drug-likeness (QED) is 0.658. The van der Waals surface area contributed by atoms with Crippen molar-refractivity contribution >= 4 is 29.1 Å². The van der Waals surface area contributed by atoms with Gasteiger partial charge >= 0.3 is 0 Å². The van der Waals surface area contributed by atoms with E-state index >= 15 is 0 Å². The van der Waals surface area contributed by atoms with E-state index in [0.717, 1.165) is 39.8 Å². The van der Waals surface area contributed by atoms with Crippen LogP contribution in [-0.2, 0) is 6.54 Å². The largest absolute Gasteiger partial charge is 0.454 e. The number of nitrogens with one attached hydrogen (secondary N) is 2. The summed E-state index contributed by atoms with van der Waals surface area (Å²) in [6, 6.07) is 13.5. The van der Waals surface area contributed by atoms with E-state index in [2.05, 4.69) is 20.6 Å². The Morgan fingerprint density at radius 1 is 1.04 bits per heavy atom. The fourth-order valence-corrected chi connectivity index (χ4v) is 3.00. The Hall–Kier alpha value is -2.99. The molecular formula is C20H19ClN4O2. The second-order valence-electron chi connectivity index (χ2n) is 6.30. The van der Waals surface area contributed by atoms with Gasteiger partial charge in [0.25, 0.3) is 0 Å². The molecule has 2 N–H and O–H groups in total. The minimum Gasteiger partial charge on any atom is -0.454 e. The number of ether oxygens (including phenoxy) is 2. The van der Waals surface area contributed by atoms with Crippen molar-refractivity contribution < 1.29 is 9.47 Å². The molecule has 2 heterocycles. The zero-order valence-electron chi connectivity index (χ0n) is 15.0. The zero-order valence-corrected chi connectivity index (χ0v) is 15.8. The van der Waals surface area contributed by atoms with E-state index in [4.69, 9.17) is 21.1 Å². The van der Waals surface area contributed by atoms with E-state index in [1.54, 1.807) is 0 Å². The average molecular weight is 383 g/mol. The summed E-state index contributed by atoms with van der Waals surface area (Å²) in [4.78, 5) is 9.02. The summed E-state index contributed by atoms with van der Waals surface area (Å²) in [5, 5.41) is 7.28. The lowest BCUT2D eigenvalue weighted by molar-refractivity contribution is 0.174. The van der Waals surface area contributed by atoms with E-state index in [9.17, 15) is 0 Å². The highest BCUT2D eigenvalue weighted by Gasteiger charge is 2.13. The summed E-state index contributed by atoms with van der Waals surface area (Å²) >= 11 is 6.19. The number of fused-ring (bicyclic) bond motifs is 1. The zero-order chi connectivity index (χ0) is 18.8.